The first-order chi connectivity index (χ1) is 18.7. The predicted octanol–water partition coefficient (Wildman–Crippen LogP) is 5.37. The van der Waals surface area contributed by atoms with Gasteiger partial charge in [-0.15, -0.1) is 0 Å². The van der Waals surface area contributed by atoms with Crippen LogP contribution in [0.15, 0.2) is 60.8 Å². The molecule has 0 bridgehead atoms. The molecule has 9 nitrogen and oxygen atoms in total. The summed E-state index contributed by atoms with van der Waals surface area (Å²) in [5, 5.41) is 7.53. The number of hydrogen-bond acceptors (Lipinski definition) is 6. The Kier molecular flexibility index (Phi) is 8.87. The van der Waals surface area contributed by atoms with Crippen molar-refractivity contribution in [2.75, 3.05) is 43.9 Å². The lowest BCUT2D eigenvalue weighted by atomic mass is 10.2. The van der Waals surface area contributed by atoms with E-state index in [9.17, 15) is 22.8 Å². The summed E-state index contributed by atoms with van der Waals surface area (Å²) >= 11 is 0. The van der Waals surface area contributed by atoms with Crippen LogP contribution in [0.2, 0.25) is 0 Å². The molecule has 4 rings (SSSR count). The first-order valence-corrected chi connectivity index (χ1v) is 12.3. The number of hydrogen-bond donors (Lipinski definition) is 3. The molecule has 3 amide bonds. The molecule has 1 saturated heterocycles. The van der Waals surface area contributed by atoms with Crippen molar-refractivity contribution >= 4 is 23.3 Å². The Morgan fingerprint density at radius 1 is 1.00 bits per heavy atom. The van der Waals surface area contributed by atoms with Gasteiger partial charge in [0.25, 0.3) is 5.91 Å². The van der Waals surface area contributed by atoms with Crippen molar-refractivity contribution in [2.24, 2.45) is 0 Å². The van der Waals surface area contributed by atoms with Crippen LogP contribution < -0.4 is 25.4 Å². The van der Waals surface area contributed by atoms with Gasteiger partial charge in [-0.3, -0.25) is 14.7 Å². The van der Waals surface area contributed by atoms with Gasteiger partial charge in [-0.05, 0) is 62.3 Å². The molecule has 1 aromatic heterocycles. The van der Waals surface area contributed by atoms with E-state index in [1.54, 1.807) is 24.3 Å². The zero-order valence-electron chi connectivity index (χ0n) is 21.2. The van der Waals surface area contributed by atoms with Crippen molar-refractivity contribution in [1.29, 1.82) is 0 Å². The van der Waals surface area contributed by atoms with Gasteiger partial charge in [0.05, 0.1) is 11.3 Å². The van der Waals surface area contributed by atoms with Gasteiger partial charge in [0.2, 0.25) is 0 Å². The van der Waals surface area contributed by atoms with Gasteiger partial charge in [-0.2, -0.15) is 13.2 Å². The van der Waals surface area contributed by atoms with Gasteiger partial charge in [0.15, 0.2) is 0 Å². The molecular weight excluding hydrogens is 515 g/mol. The Morgan fingerprint density at radius 2 is 1.77 bits per heavy atom. The molecule has 206 valence electrons. The van der Waals surface area contributed by atoms with E-state index < -0.39 is 17.8 Å². The van der Waals surface area contributed by atoms with Crippen LogP contribution in [0.25, 0.3) is 0 Å². The smallest absolute Gasteiger partial charge is 0.416 e. The van der Waals surface area contributed by atoms with E-state index in [1.807, 2.05) is 0 Å². The molecule has 0 saturated carbocycles. The van der Waals surface area contributed by atoms with E-state index in [2.05, 4.69) is 25.8 Å². The lowest BCUT2D eigenvalue weighted by molar-refractivity contribution is -0.137. The summed E-state index contributed by atoms with van der Waals surface area (Å²) in [5.41, 5.74) is -0.513. The van der Waals surface area contributed by atoms with E-state index in [1.165, 1.54) is 31.4 Å². The number of nitrogens with one attached hydrogen (secondary N) is 3. The Balaban J connectivity index is 1.43. The summed E-state index contributed by atoms with van der Waals surface area (Å²) in [6, 6.07) is 11.6. The number of urea groups is 1. The third-order valence-electron chi connectivity index (χ3n) is 5.94. The fourth-order valence-corrected chi connectivity index (χ4v) is 4.01. The molecule has 2 aromatic carbocycles. The highest BCUT2D eigenvalue weighted by Gasteiger charge is 2.31. The molecule has 1 aliphatic rings. The lowest BCUT2D eigenvalue weighted by Gasteiger charge is -2.18. The number of alkyl halides is 3. The first-order valence-electron chi connectivity index (χ1n) is 12.3. The molecular formula is C27H28F3N5O4. The zero-order chi connectivity index (χ0) is 27.8. The summed E-state index contributed by atoms with van der Waals surface area (Å²) in [7, 11) is 1.49. The number of carbonyl (C=O) groups excluding carboxylic acids is 2. The second-order valence-corrected chi connectivity index (χ2v) is 8.77. The van der Waals surface area contributed by atoms with E-state index in [4.69, 9.17) is 9.47 Å². The Labute approximate surface area is 223 Å². The number of ether oxygens (including phenoxy) is 2. The predicted molar refractivity (Wildman–Crippen MR) is 139 cm³/mol. The number of halogens is 3. The van der Waals surface area contributed by atoms with Crippen LogP contribution in [0, 0.1) is 0 Å². The van der Waals surface area contributed by atoms with E-state index in [0.717, 1.165) is 38.1 Å². The van der Waals surface area contributed by atoms with Gasteiger partial charge >= 0.3 is 12.2 Å². The number of rotatable bonds is 9. The van der Waals surface area contributed by atoms with Crippen molar-refractivity contribution in [3.63, 3.8) is 0 Å². The van der Waals surface area contributed by atoms with Gasteiger partial charge in [-0.1, -0.05) is 6.07 Å². The van der Waals surface area contributed by atoms with Gasteiger partial charge in [-0.25, -0.2) is 4.79 Å². The molecule has 0 aliphatic carbocycles. The van der Waals surface area contributed by atoms with Crippen molar-refractivity contribution in [3.05, 3.63) is 72.1 Å². The minimum absolute atomic E-state index is 0.102. The maximum atomic E-state index is 13.3. The fourth-order valence-electron chi connectivity index (χ4n) is 4.01. The molecule has 0 spiro atoms. The average molecular weight is 544 g/mol. The number of likely N-dealkylation sites (tertiary alicyclic amines) is 1. The average Bonchev–Trinajstić information content (AvgIpc) is 3.42. The van der Waals surface area contributed by atoms with Gasteiger partial charge in [0, 0.05) is 37.6 Å². The third kappa shape index (κ3) is 7.84. The quantitative estimate of drug-likeness (QED) is 0.335. The molecule has 0 unspecified atom stereocenters. The summed E-state index contributed by atoms with van der Waals surface area (Å²) in [6.07, 6.45) is -0.940. The minimum Gasteiger partial charge on any atom is -0.490 e. The summed E-state index contributed by atoms with van der Waals surface area (Å²) in [4.78, 5) is 30.7. The topological polar surface area (TPSA) is 105 Å². The summed E-state index contributed by atoms with van der Waals surface area (Å²) in [6.45, 7) is 2.84. The van der Waals surface area contributed by atoms with Crippen LogP contribution in [0.1, 0.15) is 28.9 Å². The van der Waals surface area contributed by atoms with Crippen LogP contribution in [0.3, 0.4) is 0 Å². The molecule has 0 atom stereocenters. The van der Waals surface area contributed by atoms with Crippen molar-refractivity contribution < 1.29 is 32.2 Å². The fraction of sp³-hybridized carbons (Fsp3) is 0.296. The number of benzene rings is 2. The van der Waals surface area contributed by atoms with Gasteiger partial charge in [0.1, 0.15) is 29.5 Å². The molecule has 1 aliphatic heterocycles. The van der Waals surface area contributed by atoms with Crippen molar-refractivity contribution in [2.45, 2.75) is 19.0 Å². The maximum Gasteiger partial charge on any atom is 0.416 e. The Morgan fingerprint density at radius 3 is 2.51 bits per heavy atom. The van der Waals surface area contributed by atoms with Gasteiger partial charge < -0.3 is 25.4 Å². The summed E-state index contributed by atoms with van der Waals surface area (Å²) < 4.78 is 51.5. The molecule has 39 heavy (non-hydrogen) atoms. The number of amides is 3. The minimum atomic E-state index is -4.59. The van der Waals surface area contributed by atoms with E-state index >= 15 is 0 Å². The largest absolute Gasteiger partial charge is 0.490 e. The highest BCUT2D eigenvalue weighted by Crippen LogP contribution is 2.35. The number of anilines is 2. The monoisotopic (exact) mass is 543 g/mol. The van der Waals surface area contributed by atoms with Crippen molar-refractivity contribution in [3.8, 4) is 17.2 Å². The second kappa shape index (κ2) is 12.5. The number of pyridine rings is 1. The number of carbonyl (C=O) groups is 2. The van der Waals surface area contributed by atoms with Crippen LogP contribution in [0.5, 0.6) is 17.2 Å². The highest BCUT2D eigenvalue weighted by molar-refractivity contribution is 6.00. The lowest BCUT2D eigenvalue weighted by Crippen LogP contribution is -2.25. The Bertz CT molecular complexity index is 1310. The normalized spacial score (nSPS) is 13.5. The molecule has 3 aromatic rings. The van der Waals surface area contributed by atoms with E-state index in [-0.39, 0.29) is 29.6 Å². The molecule has 2 heterocycles. The Hall–Kier alpha value is -4.32. The molecule has 1 fully saturated rings. The second-order valence-electron chi connectivity index (χ2n) is 8.77. The third-order valence-corrected chi connectivity index (χ3v) is 5.94. The first kappa shape index (κ1) is 27.7. The molecule has 0 radical (unpaired) electrons. The van der Waals surface area contributed by atoms with E-state index in [0.29, 0.717) is 23.7 Å². The number of nitrogens with zero attached hydrogens (tertiary/aromatic N) is 2. The SMILES string of the molecule is CNC(=O)c1cc(Oc2cccc(NC(=O)Nc3cc(C(F)(F)F)ccc3OCCN3CCCC3)c2)ccn1. The maximum absolute atomic E-state index is 13.3. The molecule has 3 N–H and O–H groups in total. The van der Waals surface area contributed by atoms with Crippen LogP contribution >= 0.6 is 0 Å². The number of aromatic nitrogens is 1. The highest BCUT2D eigenvalue weighted by atomic mass is 19.4. The summed E-state index contributed by atoms with van der Waals surface area (Å²) in [5.74, 6) is 0.470. The van der Waals surface area contributed by atoms with Crippen LogP contribution in [0.4, 0.5) is 29.3 Å². The van der Waals surface area contributed by atoms with Crippen molar-refractivity contribution in [1.82, 2.24) is 15.2 Å². The van der Waals surface area contributed by atoms with Crippen LogP contribution in [-0.2, 0) is 6.18 Å². The van der Waals surface area contributed by atoms with Crippen LogP contribution in [-0.4, -0.2) is 55.1 Å². The standard InChI is InChI=1S/C27H28F3N5O4/c1-31-25(36)23-17-21(9-10-32-23)39-20-6-4-5-19(16-20)33-26(37)34-22-15-18(27(28,29)30)7-8-24(22)38-14-13-35-11-2-3-12-35/h4-10,15-17H,2-3,11-14H2,1H3,(H,31,36)(H2,33,34,37). The molecule has 12 heteroatoms. The zero-order valence-corrected chi connectivity index (χ0v) is 21.2.